The van der Waals surface area contributed by atoms with Gasteiger partial charge < -0.3 is 9.73 Å². The first kappa shape index (κ1) is 12.2. The average Bonchev–Trinajstić information content (AvgIpc) is 3.08. The fourth-order valence-corrected chi connectivity index (χ4v) is 1.87. The van der Waals surface area contributed by atoms with Crippen LogP contribution in [0.4, 0.5) is 5.82 Å². The molecule has 1 N–H and O–H groups in total. The third kappa shape index (κ3) is 2.31. The van der Waals surface area contributed by atoms with Crippen LogP contribution in [-0.2, 0) is 7.05 Å². The van der Waals surface area contributed by atoms with Gasteiger partial charge in [-0.2, -0.15) is 5.10 Å². The van der Waals surface area contributed by atoms with E-state index in [-0.39, 0.29) is 5.91 Å². The highest BCUT2D eigenvalue weighted by molar-refractivity contribution is 6.07. The van der Waals surface area contributed by atoms with Crippen LogP contribution in [0.5, 0.6) is 0 Å². The van der Waals surface area contributed by atoms with Gasteiger partial charge in [0.2, 0.25) is 0 Å². The smallest absolute Gasteiger partial charge is 0.260 e. The molecule has 3 rings (SSSR count). The maximum Gasteiger partial charge on any atom is 0.260 e. The zero-order chi connectivity index (χ0) is 13.9. The highest BCUT2D eigenvalue weighted by atomic mass is 16.3. The van der Waals surface area contributed by atoms with Crippen molar-refractivity contribution in [2.24, 2.45) is 7.05 Å². The molecule has 6 nitrogen and oxygen atoms in total. The minimum atomic E-state index is -0.275. The van der Waals surface area contributed by atoms with Gasteiger partial charge in [-0.3, -0.25) is 9.48 Å². The topological polar surface area (TPSA) is 73.0 Å². The van der Waals surface area contributed by atoms with E-state index in [1.54, 1.807) is 60.7 Å². The summed E-state index contributed by atoms with van der Waals surface area (Å²) in [5.41, 5.74) is 0.944. The molecule has 20 heavy (non-hydrogen) atoms. The van der Waals surface area contributed by atoms with Gasteiger partial charge >= 0.3 is 0 Å². The molecule has 0 aromatic carbocycles. The van der Waals surface area contributed by atoms with E-state index >= 15 is 0 Å². The Balaban J connectivity index is 1.92. The lowest BCUT2D eigenvalue weighted by Gasteiger charge is -2.02. The number of carbonyl (C=O) groups excluding carboxylic acids is 1. The van der Waals surface area contributed by atoms with E-state index in [1.165, 1.54) is 0 Å². The van der Waals surface area contributed by atoms with Crippen molar-refractivity contribution in [2.75, 3.05) is 5.32 Å². The fourth-order valence-electron chi connectivity index (χ4n) is 1.87. The van der Waals surface area contributed by atoms with Crippen LogP contribution in [0.3, 0.4) is 0 Å². The van der Waals surface area contributed by atoms with Crippen molar-refractivity contribution in [1.82, 2.24) is 14.8 Å². The number of carbonyl (C=O) groups is 1. The lowest BCUT2D eigenvalue weighted by molar-refractivity contribution is 0.102. The first-order valence-electron chi connectivity index (χ1n) is 6.04. The van der Waals surface area contributed by atoms with Crippen LogP contribution in [0.2, 0.25) is 0 Å². The molecular formula is C14H12N4O2. The van der Waals surface area contributed by atoms with Gasteiger partial charge in [0.05, 0.1) is 11.8 Å². The molecule has 0 saturated heterocycles. The van der Waals surface area contributed by atoms with E-state index < -0.39 is 0 Å². The minimum absolute atomic E-state index is 0.275. The van der Waals surface area contributed by atoms with Gasteiger partial charge in [0.1, 0.15) is 11.5 Å². The van der Waals surface area contributed by atoms with Crippen molar-refractivity contribution in [3.05, 3.63) is 54.6 Å². The Kier molecular flexibility index (Phi) is 3.04. The molecular weight excluding hydrogens is 256 g/mol. The summed E-state index contributed by atoms with van der Waals surface area (Å²) >= 11 is 0. The largest absolute Gasteiger partial charge is 0.463 e. The van der Waals surface area contributed by atoms with Crippen molar-refractivity contribution in [1.29, 1.82) is 0 Å². The number of pyridine rings is 1. The molecule has 0 atom stereocenters. The summed E-state index contributed by atoms with van der Waals surface area (Å²) in [6.45, 7) is 0. The molecule has 0 unspecified atom stereocenters. The van der Waals surface area contributed by atoms with Gasteiger partial charge in [-0.05, 0) is 24.3 Å². The molecule has 0 bridgehead atoms. The minimum Gasteiger partial charge on any atom is -0.463 e. The van der Waals surface area contributed by atoms with Crippen LogP contribution < -0.4 is 5.32 Å². The summed E-state index contributed by atoms with van der Waals surface area (Å²) in [6, 6.07) is 8.83. The van der Waals surface area contributed by atoms with Crippen LogP contribution >= 0.6 is 0 Å². The second kappa shape index (κ2) is 5.00. The molecule has 1 amide bonds. The standard InChI is InChI=1S/C14H12N4O2/c1-18-9-10(13(17-18)11-5-4-8-20-11)14(19)16-12-6-2-3-7-15-12/h2-9H,1H3,(H,15,16,19). The quantitative estimate of drug-likeness (QED) is 0.791. The Morgan fingerprint density at radius 2 is 2.20 bits per heavy atom. The fraction of sp³-hybridized carbons (Fsp3) is 0.0714. The Hall–Kier alpha value is -2.89. The average molecular weight is 268 g/mol. The van der Waals surface area contributed by atoms with Crippen molar-refractivity contribution in [3.63, 3.8) is 0 Å². The molecule has 0 radical (unpaired) electrons. The summed E-state index contributed by atoms with van der Waals surface area (Å²) < 4.78 is 6.88. The Labute approximate surface area is 115 Å². The number of furan rings is 1. The molecule has 6 heteroatoms. The molecule has 0 fully saturated rings. The monoisotopic (exact) mass is 268 g/mol. The number of rotatable bonds is 3. The Bertz CT molecular complexity index is 717. The van der Waals surface area contributed by atoms with E-state index in [9.17, 15) is 4.79 Å². The molecule has 100 valence electrons. The van der Waals surface area contributed by atoms with E-state index in [2.05, 4.69) is 15.4 Å². The third-order valence-corrected chi connectivity index (χ3v) is 2.73. The molecule has 3 aromatic heterocycles. The maximum absolute atomic E-state index is 12.3. The predicted octanol–water partition coefficient (Wildman–Crippen LogP) is 2.33. The van der Waals surface area contributed by atoms with E-state index in [1.807, 2.05) is 0 Å². The van der Waals surface area contributed by atoms with Crippen molar-refractivity contribution < 1.29 is 9.21 Å². The zero-order valence-electron chi connectivity index (χ0n) is 10.8. The SMILES string of the molecule is Cn1cc(C(=O)Nc2ccccn2)c(-c2ccco2)n1. The number of anilines is 1. The van der Waals surface area contributed by atoms with Gasteiger partial charge in [0, 0.05) is 19.4 Å². The van der Waals surface area contributed by atoms with Crippen molar-refractivity contribution in [3.8, 4) is 11.5 Å². The van der Waals surface area contributed by atoms with Crippen LogP contribution in [-0.4, -0.2) is 20.7 Å². The van der Waals surface area contributed by atoms with E-state index in [0.29, 0.717) is 22.8 Å². The van der Waals surface area contributed by atoms with Gasteiger partial charge in [0.15, 0.2) is 5.76 Å². The third-order valence-electron chi connectivity index (χ3n) is 2.73. The lowest BCUT2D eigenvalue weighted by Crippen LogP contribution is -2.13. The molecule has 0 spiro atoms. The van der Waals surface area contributed by atoms with Gasteiger partial charge in [-0.15, -0.1) is 0 Å². The summed E-state index contributed by atoms with van der Waals surface area (Å²) in [5, 5.41) is 6.99. The number of hydrogen-bond donors (Lipinski definition) is 1. The normalized spacial score (nSPS) is 10.4. The first-order valence-corrected chi connectivity index (χ1v) is 6.04. The Morgan fingerprint density at radius 1 is 1.30 bits per heavy atom. The predicted molar refractivity (Wildman–Crippen MR) is 73.1 cm³/mol. The molecule has 0 aliphatic heterocycles. The molecule has 3 heterocycles. The van der Waals surface area contributed by atoms with Crippen LogP contribution in [0.25, 0.3) is 11.5 Å². The number of hydrogen-bond acceptors (Lipinski definition) is 4. The summed E-state index contributed by atoms with van der Waals surface area (Å²) in [5.74, 6) is 0.770. The number of aryl methyl sites for hydroxylation is 1. The Morgan fingerprint density at radius 3 is 2.90 bits per heavy atom. The van der Waals surface area contributed by atoms with E-state index in [4.69, 9.17) is 4.42 Å². The van der Waals surface area contributed by atoms with Crippen molar-refractivity contribution >= 4 is 11.7 Å². The second-order valence-electron chi connectivity index (χ2n) is 4.21. The molecule has 0 aliphatic rings. The van der Waals surface area contributed by atoms with Crippen LogP contribution in [0.1, 0.15) is 10.4 Å². The van der Waals surface area contributed by atoms with Gasteiger partial charge in [-0.1, -0.05) is 6.07 Å². The summed E-state index contributed by atoms with van der Waals surface area (Å²) in [4.78, 5) is 16.4. The van der Waals surface area contributed by atoms with Gasteiger partial charge in [0.25, 0.3) is 5.91 Å². The summed E-state index contributed by atoms with van der Waals surface area (Å²) in [6.07, 6.45) is 4.81. The lowest BCUT2D eigenvalue weighted by atomic mass is 10.2. The zero-order valence-corrected chi connectivity index (χ0v) is 10.8. The highest BCUT2D eigenvalue weighted by Gasteiger charge is 2.19. The molecule has 0 saturated carbocycles. The van der Waals surface area contributed by atoms with E-state index in [0.717, 1.165) is 0 Å². The first-order chi connectivity index (χ1) is 9.74. The van der Waals surface area contributed by atoms with Crippen molar-refractivity contribution in [2.45, 2.75) is 0 Å². The summed E-state index contributed by atoms with van der Waals surface area (Å²) in [7, 11) is 1.75. The molecule has 0 aliphatic carbocycles. The van der Waals surface area contributed by atoms with Gasteiger partial charge in [-0.25, -0.2) is 4.98 Å². The van der Waals surface area contributed by atoms with Crippen LogP contribution in [0, 0.1) is 0 Å². The number of aromatic nitrogens is 3. The number of nitrogens with zero attached hydrogens (tertiary/aromatic N) is 3. The van der Waals surface area contributed by atoms with Crippen LogP contribution in [0.15, 0.2) is 53.4 Å². The molecule has 3 aromatic rings. The number of nitrogens with one attached hydrogen (secondary N) is 1. The second-order valence-corrected chi connectivity index (χ2v) is 4.21. The number of amides is 1. The highest BCUT2D eigenvalue weighted by Crippen LogP contribution is 2.22. The maximum atomic E-state index is 12.3.